The van der Waals surface area contributed by atoms with Gasteiger partial charge in [0, 0.05) is 5.56 Å². The van der Waals surface area contributed by atoms with E-state index in [1.54, 1.807) is 12.1 Å². The van der Waals surface area contributed by atoms with Crippen LogP contribution in [-0.4, -0.2) is 30.0 Å². The summed E-state index contributed by atoms with van der Waals surface area (Å²) in [5.74, 6) is 0.863. The SMILES string of the molecule is CCC1N=C(c2ccc(O)c(OC)c2)NC1=O. The van der Waals surface area contributed by atoms with Gasteiger partial charge in [-0.25, -0.2) is 0 Å². The number of hydrogen-bond acceptors (Lipinski definition) is 4. The van der Waals surface area contributed by atoms with Gasteiger partial charge in [0.05, 0.1) is 7.11 Å². The smallest absolute Gasteiger partial charge is 0.250 e. The molecule has 0 aliphatic carbocycles. The lowest BCUT2D eigenvalue weighted by Crippen LogP contribution is -2.28. The normalized spacial score (nSPS) is 18.8. The lowest BCUT2D eigenvalue weighted by Gasteiger charge is -2.06. The lowest BCUT2D eigenvalue weighted by atomic mass is 10.2. The van der Waals surface area contributed by atoms with Crippen molar-refractivity contribution in [1.82, 2.24) is 5.32 Å². The van der Waals surface area contributed by atoms with Crippen LogP contribution in [0.25, 0.3) is 0 Å². The summed E-state index contributed by atoms with van der Waals surface area (Å²) in [6.07, 6.45) is 0.671. The minimum absolute atomic E-state index is 0.0632. The highest BCUT2D eigenvalue weighted by Crippen LogP contribution is 2.27. The Morgan fingerprint density at radius 2 is 2.29 bits per heavy atom. The zero-order valence-corrected chi connectivity index (χ0v) is 9.73. The van der Waals surface area contributed by atoms with Crippen molar-refractivity contribution in [2.75, 3.05) is 7.11 Å². The summed E-state index contributed by atoms with van der Waals surface area (Å²) in [6.45, 7) is 1.91. The number of phenolic OH excluding ortho intramolecular Hbond substituents is 1. The number of ether oxygens (including phenoxy) is 1. The number of carbonyl (C=O) groups is 1. The predicted octanol–water partition coefficient (Wildman–Crippen LogP) is 1.06. The topological polar surface area (TPSA) is 70.9 Å². The van der Waals surface area contributed by atoms with Crippen LogP contribution in [0.3, 0.4) is 0 Å². The van der Waals surface area contributed by atoms with Crippen LogP contribution >= 0.6 is 0 Å². The summed E-state index contributed by atoms with van der Waals surface area (Å²) in [5.41, 5.74) is 0.726. The molecule has 1 atom stereocenters. The highest BCUT2D eigenvalue weighted by atomic mass is 16.5. The number of benzene rings is 1. The first-order chi connectivity index (χ1) is 8.15. The molecule has 1 amide bonds. The van der Waals surface area contributed by atoms with Crippen molar-refractivity contribution in [2.24, 2.45) is 4.99 Å². The van der Waals surface area contributed by atoms with Crippen LogP contribution in [-0.2, 0) is 4.79 Å². The van der Waals surface area contributed by atoms with E-state index in [9.17, 15) is 9.90 Å². The van der Waals surface area contributed by atoms with Crippen molar-refractivity contribution >= 4 is 11.7 Å². The van der Waals surface area contributed by atoms with Gasteiger partial charge in [0.15, 0.2) is 11.5 Å². The number of rotatable bonds is 3. The molecule has 0 spiro atoms. The Morgan fingerprint density at radius 1 is 1.53 bits per heavy atom. The molecule has 0 saturated carbocycles. The third-order valence-corrected chi connectivity index (χ3v) is 2.67. The fourth-order valence-electron chi connectivity index (χ4n) is 1.70. The number of amides is 1. The Bertz CT molecular complexity index is 483. The second-order valence-electron chi connectivity index (χ2n) is 3.78. The van der Waals surface area contributed by atoms with Crippen molar-refractivity contribution < 1.29 is 14.6 Å². The zero-order valence-electron chi connectivity index (χ0n) is 9.73. The van der Waals surface area contributed by atoms with Crippen LogP contribution in [0.15, 0.2) is 23.2 Å². The summed E-state index contributed by atoms with van der Waals surface area (Å²) in [7, 11) is 1.47. The van der Waals surface area contributed by atoms with E-state index in [0.717, 1.165) is 5.56 Å². The highest BCUT2D eigenvalue weighted by molar-refractivity contribution is 6.13. The predicted molar refractivity (Wildman–Crippen MR) is 63.4 cm³/mol. The molecule has 5 nitrogen and oxygen atoms in total. The lowest BCUT2D eigenvalue weighted by molar-refractivity contribution is -0.120. The van der Waals surface area contributed by atoms with E-state index in [-0.39, 0.29) is 17.7 Å². The number of methoxy groups -OCH3 is 1. The van der Waals surface area contributed by atoms with Crippen molar-refractivity contribution in [3.05, 3.63) is 23.8 Å². The Hall–Kier alpha value is -2.04. The number of aromatic hydroxyl groups is 1. The van der Waals surface area contributed by atoms with Gasteiger partial charge in [0.1, 0.15) is 11.9 Å². The van der Waals surface area contributed by atoms with Gasteiger partial charge >= 0.3 is 0 Å². The second kappa shape index (κ2) is 4.45. The van der Waals surface area contributed by atoms with Gasteiger partial charge in [-0.15, -0.1) is 0 Å². The molecule has 0 fully saturated rings. The molecule has 17 heavy (non-hydrogen) atoms. The quantitative estimate of drug-likeness (QED) is 0.821. The van der Waals surface area contributed by atoms with E-state index in [2.05, 4.69) is 10.3 Å². The van der Waals surface area contributed by atoms with Crippen molar-refractivity contribution in [2.45, 2.75) is 19.4 Å². The number of nitrogens with one attached hydrogen (secondary N) is 1. The monoisotopic (exact) mass is 234 g/mol. The number of amidine groups is 1. The van der Waals surface area contributed by atoms with Crippen LogP contribution in [0, 0.1) is 0 Å². The maximum absolute atomic E-state index is 11.5. The molecule has 0 radical (unpaired) electrons. The molecule has 2 rings (SSSR count). The maximum atomic E-state index is 11.5. The van der Waals surface area contributed by atoms with Crippen molar-refractivity contribution in [1.29, 1.82) is 0 Å². The second-order valence-corrected chi connectivity index (χ2v) is 3.78. The minimum atomic E-state index is -0.315. The largest absolute Gasteiger partial charge is 0.504 e. The van der Waals surface area contributed by atoms with E-state index < -0.39 is 0 Å². The molecule has 90 valence electrons. The van der Waals surface area contributed by atoms with Gasteiger partial charge in [-0.1, -0.05) is 6.92 Å². The molecule has 2 N–H and O–H groups in total. The molecule has 1 aliphatic heterocycles. The average Bonchev–Trinajstić information content (AvgIpc) is 2.71. The van der Waals surface area contributed by atoms with E-state index in [1.807, 2.05) is 6.92 Å². The van der Waals surface area contributed by atoms with Gasteiger partial charge < -0.3 is 15.2 Å². The Morgan fingerprint density at radius 3 is 2.88 bits per heavy atom. The number of phenols is 1. The van der Waals surface area contributed by atoms with Gasteiger partial charge in [-0.3, -0.25) is 9.79 Å². The molecule has 1 aromatic carbocycles. The molecule has 1 aliphatic rings. The van der Waals surface area contributed by atoms with Gasteiger partial charge in [-0.2, -0.15) is 0 Å². The Labute approximate surface area is 99.1 Å². The number of carbonyl (C=O) groups excluding carboxylic acids is 1. The summed E-state index contributed by atoms with van der Waals surface area (Å²) >= 11 is 0. The molecule has 0 aromatic heterocycles. The fourth-order valence-corrected chi connectivity index (χ4v) is 1.70. The first-order valence-corrected chi connectivity index (χ1v) is 5.41. The van der Waals surface area contributed by atoms with Crippen LogP contribution in [0.5, 0.6) is 11.5 Å². The summed E-state index contributed by atoms with van der Waals surface area (Å²) < 4.78 is 5.01. The standard InChI is InChI=1S/C12H14N2O3/c1-3-8-12(16)14-11(13-8)7-4-5-9(15)10(6-7)17-2/h4-6,8,15H,3H2,1-2H3,(H,13,14,16). The van der Waals surface area contributed by atoms with E-state index in [1.165, 1.54) is 13.2 Å². The minimum Gasteiger partial charge on any atom is -0.504 e. The molecule has 5 heteroatoms. The van der Waals surface area contributed by atoms with Crippen LogP contribution in [0.2, 0.25) is 0 Å². The van der Waals surface area contributed by atoms with Gasteiger partial charge in [-0.05, 0) is 24.6 Å². The molecule has 0 saturated heterocycles. The summed E-state index contributed by atoms with van der Waals surface area (Å²) in [6, 6.07) is 4.54. The molecule has 1 heterocycles. The van der Waals surface area contributed by atoms with Crippen molar-refractivity contribution in [3.8, 4) is 11.5 Å². The average molecular weight is 234 g/mol. The molecule has 0 bridgehead atoms. The molecule has 1 unspecified atom stereocenters. The van der Waals surface area contributed by atoms with Gasteiger partial charge in [0.25, 0.3) is 0 Å². The third-order valence-electron chi connectivity index (χ3n) is 2.67. The summed E-state index contributed by atoms with van der Waals surface area (Å²) in [5, 5.41) is 12.2. The zero-order chi connectivity index (χ0) is 12.4. The van der Waals surface area contributed by atoms with Crippen molar-refractivity contribution in [3.63, 3.8) is 0 Å². The third kappa shape index (κ3) is 2.08. The Kier molecular flexibility index (Phi) is 2.99. The maximum Gasteiger partial charge on any atom is 0.250 e. The molecular formula is C12H14N2O3. The fraction of sp³-hybridized carbons (Fsp3) is 0.333. The summed E-state index contributed by atoms with van der Waals surface area (Å²) in [4.78, 5) is 15.8. The number of aliphatic imine (C=N–C) groups is 1. The Balaban J connectivity index is 2.33. The number of hydrogen-bond donors (Lipinski definition) is 2. The van der Waals surface area contributed by atoms with E-state index >= 15 is 0 Å². The van der Waals surface area contributed by atoms with Gasteiger partial charge in [0.2, 0.25) is 5.91 Å². The van der Waals surface area contributed by atoms with Crippen LogP contribution in [0.4, 0.5) is 0 Å². The van der Waals surface area contributed by atoms with E-state index in [0.29, 0.717) is 18.0 Å². The first kappa shape index (κ1) is 11.4. The number of nitrogens with zero attached hydrogens (tertiary/aromatic N) is 1. The van der Waals surface area contributed by atoms with Crippen LogP contribution < -0.4 is 10.1 Å². The molecule has 1 aromatic rings. The van der Waals surface area contributed by atoms with Crippen LogP contribution in [0.1, 0.15) is 18.9 Å². The van der Waals surface area contributed by atoms with E-state index in [4.69, 9.17) is 4.74 Å². The first-order valence-electron chi connectivity index (χ1n) is 5.41. The molecular weight excluding hydrogens is 220 g/mol. The highest BCUT2D eigenvalue weighted by Gasteiger charge is 2.25.